The number of carboxylic acid groups (broad SMARTS) is 1. The summed E-state index contributed by atoms with van der Waals surface area (Å²) in [6.45, 7) is 0. The van der Waals surface area contributed by atoms with Crippen molar-refractivity contribution >= 4 is 29.2 Å². The summed E-state index contributed by atoms with van der Waals surface area (Å²) < 4.78 is 0. The zero-order chi connectivity index (χ0) is 14.7. The molecule has 3 nitrogen and oxygen atoms in total. The van der Waals surface area contributed by atoms with Gasteiger partial charge in [-0.15, -0.1) is 0 Å². The molecule has 2 aromatic rings. The van der Waals surface area contributed by atoms with E-state index in [1.165, 1.54) is 0 Å². The van der Waals surface area contributed by atoms with Crippen LogP contribution in [0.1, 0.15) is 17.0 Å². The number of hydrogen-bond donors (Lipinski definition) is 2. The second-order valence-electron chi connectivity index (χ2n) is 4.44. The van der Waals surface area contributed by atoms with Gasteiger partial charge >= 0.3 is 5.97 Å². The maximum absolute atomic E-state index is 11.2. The number of nitrogens with two attached hydrogens (primary N) is 1. The van der Waals surface area contributed by atoms with Crippen LogP contribution in [0.2, 0.25) is 10.0 Å². The molecule has 1 atom stereocenters. The largest absolute Gasteiger partial charge is 0.480 e. The first-order valence-corrected chi connectivity index (χ1v) is 6.74. The van der Waals surface area contributed by atoms with Gasteiger partial charge in [-0.05, 0) is 35.4 Å². The predicted octanol–water partition coefficient (Wildman–Crippen LogP) is 3.54. The lowest BCUT2D eigenvalue weighted by molar-refractivity contribution is -0.138. The molecule has 5 heteroatoms. The van der Waals surface area contributed by atoms with Crippen LogP contribution in [0.25, 0.3) is 0 Å². The van der Waals surface area contributed by atoms with Crippen molar-refractivity contribution in [3.63, 3.8) is 0 Å². The Morgan fingerprint density at radius 3 is 1.55 bits per heavy atom. The molecule has 3 N–H and O–H groups in total. The van der Waals surface area contributed by atoms with Crippen LogP contribution in [0.5, 0.6) is 0 Å². The van der Waals surface area contributed by atoms with E-state index < -0.39 is 17.9 Å². The van der Waals surface area contributed by atoms with E-state index in [0.29, 0.717) is 10.0 Å². The molecule has 0 spiro atoms. The third-order valence-electron chi connectivity index (χ3n) is 3.10. The molecular formula is C15H13Cl2NO2. The third kappa shape index (κ3) is 3.31. The van der Waals surface area contributed by atoms with Crippen molar-refractivity contribution in [2.24, 2.45) is 5.73 Å². The summed E-state index contributed by atoms with van der Waals surface area (Å²) in [5.74, 6) is -1.51. The van der Waals surface area contributed by atoms with Crippen LogP contribution >= 0.6 is 23.2 Å². The van der Waals surface area contributed by atoms with E-state index in [0.717, 1.165) is 11.1 Å². The summed E-state index contributed by atoms with van der Waals surface area (Å²) in [6, 6.07) is 13.0. The standard InChI is InChI=1S/C15H13Cl2NO2/c16-11-5-1-9(2-6-11)13(14(18)15(19)20)10-3-7-12(17)8-4-10/h1-8,13-14H,18H2,(H,19,20)/t14-/m0/s1. The minimum Gasteiger partial charge on any atom is -0.480 e. The van der Waals surface area contributed by atoms with Crippen LogP contribution in [0.15, 0.2) is 48.5 Å². The van der Waals surface area contributed by atoms with Gasteiger partial charge in [0.1, 0.15) is 6.04 Å². The first kappa shape index (κ1) is 14.9. The number of benzene rings is 2. The number of rotatable bonds is 4. The van der Waals surface area contributed by atoms with Crippen molar-refractivity contribution in [1.82, 2.24) is 0 Å². The second kappa shape index (κ2) is 6.27. The molecule has 0 amide bonds. The highest BCUT2D eigenvalue weighted by molar-refractivity contribution is 6.30. The second-order valence-corrected chi connectivity index (χ2v) is 5.32. The summed E-state index contributed by atoms with van der Waals surface area (Å²) >= 11 is 11.7. The van der Waals surface area contributed by atoms with Crippen molar-refractivity contribution in [3.05, 3.63) is 69.7 Å². The molecular weight excluding hydrogens is 297 g/mol. The Bertz CT molecular complexity index is 551. The monoisotopic (exact) mass is 309 g/mol. The van der Waals surface area contributed by atoms with Gasteiger partial charge in [-0.3, -0.25) is 4.79 Å². The molecule has 0 saturated heterocycles. The van der Waals surface area contributed by atoms with Crippen LogP contribution < -0.4 is 5.73 Å². The van der Waals surface area contributed by atoms with E-state index in [9.17, 15) is 9.90 Å². The molecule has 0 aromatic heterocycles. The van der Waals surface area contributed by atoms with Crippen LogP contribution in [0.3, 0.4) is 0 Å². The number of carbonyl (C=O) groups is 1. The van der Waals surface area contributed by atoms with Gasteiger partial charge in [-0.25, -0.2) is 0 Å². The average molecular weight is 310 g/mol. The molecule has 0 heterocycles. The van der Waals surface area contributed by atoms with Gasteiger partial charge in [-0.1, -0.05) is 47.5 Å². The molecule has 2 aromatic carbocycles. The van der Waals surface area contributed by atoms with Gasteiger partial charge < -0.3 is 10.8 Å². The third-order valence-corrected chi connectivity index (χ3v) is 3.61. The molecule has 0 fully saturated rings. The fourth-order valence-corrected chi connectivity index (χ4v) is 2.34. The quantitative estimate of drug-likeness (QED) is 0.908. The Hall–Kier alpha value is -1.55. The van der Waals surface area contributed by atoms with Crippen LogP contribution in [0, 0.1) is 0 Å². The highest BCUT2D eigenvalue weighted by Gasteiger charge is 2.27. The zero-order valence-electron chi connectivity index (χ0n) is 10.5. The molecule has 0 aliphatic rings. The van der Waals surface area contributed by atoms with Gasteiger partial charge in [0.05, 0.1) is 0 Å². The molecule has 104 valence electrons. The normalized spacial score (nSPS) is 12.4. The lowest BCUT2D eigenvalue weighted by atomic mass is 9.85. The highest BCUT2D eigenvalue weighted by atomic mass is 35.5. The Morgan fingerprint density at radius 2 is 1.25 bits per heavy atom. The molecule has 20 heavy (non-hydrogen) atoms. The highest BCUT2D eigenvalue weighted by Crippen LogP contribution is 2.29. The van der Waals surface area contributed by atoms with Gasteiger partial charge in [0.25, 0.3) is 0 Å². The van der Waals surface area contributed by atoms with Crippen molar-refractivity contribution in [3.8, 4) is 0 Å². The van der Waals surface area contributed by atoms with E-state index in [-0.39, 0.29) is 0 Å². The van der Waals surface area contributed by atoms with Gasteiger partial charge in [0.15, 0.2) is 0 Å². The molecule has 0 aliphatic heterocycles. The Morgan fingerprint density at radius 1 is 0.900 bits per heavy atom. The van der Waals surface area contributed by atoms with Crippen LogP contribution in [-0.4, -0.2) is 17.1 Å². The molecule has 0 aliphatic carbocycles. The number of hydrogen-bond acceptors (Lipinski definition) is 2. The Balaban J connectivity index is 2.46. The number of halogens is 2. The topological polar surface area (TPSA) is 63.3 Å². The zero-order valence-corrected chi connectivity index (χ0v) is 12.0. The lowest BCUT2D eigenvalue weighted by Crippen LogP contribution is -2.37. The first-order chi connectivity index (χ1) is 9.49. The van der Waals surface area contributed by atoms with Crippen molar-refractivity contribution < 1.29 is 9.90 Å². The van der Waals surface area contributed by atoms with Crippen molar-refractivity contribution in [2.45, 2.75) is 12.0 Å². The van der Waals surface area contributed by atoms with Crippen molar-refractivity contribution in [1.29, 1.82) is 0 Å². The summed E-state index contributed by atoms with van der Waals surface area (Å²) in [4.78, 5) is 11.2. The summed E-state index contributed by atoms with van der Waals surface area (Å²) in [6.07, 6.45) is 0. The van der Waals surface area contributed by atoms with E-state index in [1.54, 1.807) is 48.5 Å². The smallest absolute Gasteiger partial charge is 0.321 e. The minimum atomic E-state index is -1.06. The summed E-state index contributed by atoms with van der Waals surface area (Å²) in [5.41, 5.74) is 7.43. The van der Waals surface area contributed by atoms with E-state index in [1.807, 2.05) is 0 Å². The van der Waals surface area contributed by atoms with Crippen LogP contribution in [-0.2, 0) is 4.79 Å². The fourth-order valence-electron chi connectivity index (χ4n) is 2.09. The number of carboxylic acids is 1. The molecule has 0 unspecified atom stereocenters. The molecule has 0 saturated carbocycles. The molecule has 2 rings (SSSR count). The Labute approximate surface area is 126 Å². The van der Waals surface area contributed by atoms with Gasteiger partial charge in [0, 0.05) is 16.0 Å². The van der Waals surface area contributed by atoms with E-state index in [4.69, 9.17) is 28.9 Å². The lowest BCUT2D eigenvalue weighted by Gasteiger charge is -2.22. The van der Waals surface area contributed by atoms with E-state index >= 15 is 0 Å². The molecule has 0 radical (unpaired) electrons. The van der Waals surface area contributed by atoms with Gasteiger partial charge in [0.2, 0.25) is 0 Å². The Kier molecular flexibility index (Phi) is 4.65. The van der Waals surface area contributed by atoms with Crippen molar-refractivity contribution in [2.75, 3.05) is 0 Å². The maximum Gasteiger partial charge on any atom is 0.321 e. The van der Waals surface area contributed by atoms with Crippen LogP contribution in [0.4, 0.5) is 0 Å². The minimum absolute atomic E-state index is 0.456. The summed E-state index contributed by atoms with van der Waals surface area (Å²) in [5, 5.41) is 10.4. The first-order valence-electron chi connectivity index (χ1n) is 5.98. The van der Waals surface area contributed by atoms with E-state index in [2.05, 4.69) is 0 Å². The fraction of sp³-hybridized carbons (Fsp3) is 0.133. The molecule has 0 bridgehead atoms. The average Bonchev–Trinajstić information content (AvgIpc) is 2.43. The number of aliphatic carboxylic acids is 1. The maximum atomic E-state index is 11.2. The predicted molar refractivity (Wildman–Crippen MR) is 80.4 cm³/mol. The van der Waals surface area contributed by atoms with Gasteiger partial charge in [-0.2, -0.15) is 0 Å². The summed E-state index contributed by atoms with van der Waals surface area (Å²) in [7, 11) is 0. The SMILES string of the molecule is N[C@H](C(=O)O)C(c1ccc(Cl)cc1)c1ccc(Cl)cc1.